The van der Waals surface area contributed by atoms with Gasteiger partial charge < -0.3 is 20.3 Å². The smallest absolute Gasteiger partial charge is 0.324 e. The third kappa shape index (κ3) is 7.24. The monoisotopic (exact) mass is 489 g/mol. The van der Waals surface area contributed by atoms with Gasteiger partial charge in [-0.3, -0.25) is 14.7 Å². The number of halogens is 1. The van der Waals surface area contributed by atoms with Gasteiger partial charge in [0.1, 0.15) is 12.4 Å². The second-order valence-corrected chi connectivity index (χ2v) is 6.02. The molecule has 0 saturated carbocycles. The van der Waals surface area contributed by atoms with Crippen molar-refractivity contribution in [2.45, 2.75) is 13.8 Å². The molecule has 1 saturated heterocycles. The van der Waals surface area contributed by atoms with Crippen molar-refractivity contribution in [1.82, 2.24) is 20.4 Å². The summed E-state index contributed by atoms with van der Waals surface area (Å²) in [4.78, 5) is 30.7. The highest BCUT2D eigenvalue weighted by Crippen LogP contribution is 2.11. The van der Waals surface area contributed by atoms with Crippen LogP contribution in [0, 0.1) is 6.92 Å². The first-order valence-electron chi connectivity index (χ1n) is 8.78. The summed E-state index contributed by atoms with van der Waals surface area (Å²) in [5.41, 5.74) is 1.20. The quantitative estimate of drug-likeness (QED) is 0.250. The van der Waals surface area contributed by atoms with Crippen molar-refractivity contribution in [3.63, 3.8) is 0 Å². The van der Waals surface area contributed by atoms with Crippen LogP contribution in [0.3, 0.4) is 0 Å². The summed E-state index contributed by atoms with van der Waals surface area (Å²) in [7, 11) is 1.92. The zero-order valence-electron chi connectivity index (χ0n) is 16.0. The van der Waals surface area contributed by atoms with Gasteiger partial charge in [-0.05, 0) is 26.0 Å². The van der Waals surface area contributed by atoms with E-state index >= 15 is 0 Å². The average Bonchev–Trinajstić information content (AvgIpc) is 2.94. The number of nitrogens with one attached hydrogen (secondary N) is 2. The van der Waals surface area contributed by atoms with Crippen LogP contribution in [0.2, 0.25) is 0 Å². The molecule has 8 nitrogen and oxygen atoms in total. The van der Waals surface area contributed by atoms with Gasteiger partial charge in [-0.1, -0.05) is 17.7 Å². The van der Waals surface area contributed by atoms with Gasteiger partial charge >= 0.3 is 6.03 Å². The number of nitrogens with zero attached hydrogens (tertiary/aromatic N) is 3. The first-order chi connectivity index (χ1) is 12.5. The lowest BCUT2D eigenvalue weighted by molar-refractivity contribution is -0.124. The Kier molecular flexibility index (Phi) is 9.90. The number of hydrogen-bond acceptors (Lipinski definition) is 4. The predicted octanol–water partition coefficient (Wildman–Crippen LogP) is 1.44. The van der Waals surface area contributed by atoms with E-state index in [1.54, 1.807) is 0 Å². The third-order valence-electron chi connectivity index (χ3n) is 3.94. The Morgan fingerprint density at radius 1 is 1.33 bits per heavy atom. The van der Waals surface area contributed by atoms with Crippen LogP contribution in [0.4, 0.5) is 4.79 Å². The number of aliphatic imine (C=N–C) groups is 1. The van der Waals surface area contributed by atoms with E-state index in [-0.39, 0.29) is 49.0 Å². The van der Waals surface area contributed by atoms with Crippen molar-refractivity contribution in [2.24, 2.45) is 4.99 Å². The molecular formula is C18H28IN5O3. The molecule has 1 aliphatic heterocycles. The highest BCUT2D eigenvalue weighted by molar-refractivity contribution is 14.0. The molecule has 9 heteroatoms. The number of guanidine groups is 1. The lowest BCUT2D eigenvalue weighted by Gasteiger charge is -2.22. The molecule has 2 N–H and O–H groups in total. The first-order valence-corrected chi connectivity index (χ1v) is 8.78. The van der Waals surface area contributed by atoms with Crippen molar-refractivity contribution in [1.29, 1.82) is 0 Å². The fourth-order valence-electron chi connectivity index (χ4n) is 2.45. The molecule has 0 unspecified atom stereocenters. The normalized spacial score (nSPS) is 13.9. The predicted molar refractivity (Wildman–Crippen MR) is 116 cm³/mol. The molecule has 0 bridgehead atoms. The molecule has 1 aliphatic rings. The molecule has 0 aromatic heterocycles. The van der Waals surface area contributed by atoms with Gasteiger partial charge in [0.05, 0.1) is 26.2 Å². The van der Waals surface area contributed by atoms with Gasteiger partial charge in [-0.25, -0.2) is 4.79 Å². The summed E-state index contributed by atoms with van der Waals surface area (Å²) in [6.07, 6.45) is 0. The molecule has 1 fully saturated rings. The summed E-state index contributed by atoms with van der Waals surface area (Å²) in [6, 6.07) is 7.58. The van der Waals surface area contributed by atoms with Crippen molar-refractivity contribution >= 4 is 41.9 Å². The minimum atomic E-state index is -0.352. The van der Waals surface area contributed by atoms with E-state index in [0.29, 0.717) is 25.7 Å². The number of hydrogen-bond donors (Lipinski definition) is 2. The van der Waals surface area contributed by atoms with E-state index in [9.17, 15) is 9.59 Å². The summed E-state index contributed by atoms with van der Waals surface area (Å²) in [5.74, 6) is 1.34. The van der Waals surface area contributed by atoms with Gasteiger partial charge in [-0.2, -0.15) is 0 Å². The molecular weight excluding hydrogens is 461 g/mol. The Hall–Kier alpha value is -2.04. The maximum Gasteiger partial charge on any atom is 0.324 e. The average molecular weight is 489 g/mol. The van der Waals surface area contributed by atoms with Crippen molar-refractivity contribution in [2.75, 3.05) is 46.4 Å². The number of carbonyl (C=O) groups is 2. The lowest BCUT2D eigenvalue weighted by Crippen LogP contribution is -2.41. The van der Waals surface area contributed by atoms with E-state index in [1.807, 2.05) is 50.1 Å². The largest absolute Gasteiger partial charge is 0.492 e. The number of aryl methyl sites for hydroxylation is 1. The highest BCUT2D eigenvalue weighted by atomic mass is 127. The fraction of sp³-hybridized carbons (Fsp3) is 0.500. The number of carbonyl (C=O) groups excluding carboxylic acids is 2. The number of likely N-dealkylation sites (N-methyl/N-ethyl adjacent to an activating group) is 1. The Morgan fingerprint density at radius 3 is 2.63 bits per heavy atom. The molecule has 27 heavy (non-hydrogen) atoms. The van der Waals surface area contributed by atoms with Crippen LogP contribution in [0.1, 0.15) is 12.5 Å². The maximum atomic E-state index is 11.6. The van der Waals surface area contributed by atoms with Crippen LogP contribution in [-0.4, -0.2) is 74.1 Å². The van der Waals surface area contributed by atoms with E-state index < -0.39 is 0 Å². The number of rotatable bonds is 8. The standard InChI is InChI=1S/C18H27N5O3.HI/c1-4-19-17(20-9-10-23-16(24)13-21-18(23)25)22(3)11-12-26-15-7-5-14(2)6-8-15;/h5-8H,4,9-13H2,1-3H3,(H,19,20)(H,21,25);1H. The molecule has 1 heterocycles. The zero-order valence-corrected chi connectivity index (χ0v) is 18.4. The Bertz CT molecular complexity index is 635. The van der Waals surface area contributed by atoms with Crippen LogP contribution >= 0.6 is 24.0 Å². The summed E-state index contributed by atoms with van der Waals surface area (Å²) < 4.78 is 5.74. The number of urea groups is 1. The van der Waals surface area contributed by atoms with Gasteiger partial charge in [0, 0.05) is 13.6 Å². The number of imide groups is 1. The molecule has 0 spiro atoms. The lowest BCUT2D eigenvalue weighted by atomic mass is 10.2. The second-order valence-electron chi connectivity index (χ2n) is 6.02. The number of amides is 3. The van der Waals surface area contributed by atoms with E-state index in [4.69, 9.17) is 4.74 Å². The van der Waals surface area contributed by atoms with Crippen molar-refractivity contribution in [3.8, 4) is 5.75 Å². The third-order valence-corrected chi connectivity index (χ3v) is 3.94. The minimum absolute atomic E-state index is 0. The summed E-state index contributed by atoms with van der Waals surface area (Å²) >= 11 is 0. The molecule has 0 atom stereocenters. The molecule has 2 rings (SSSR count). The fourth-order valence-corrected chi connectivity index (χ4v) is 2.45. The van der Waals surface area contributed by atoms with Crippen LogP contribution in [0.25, 0.3) is 0 Å². The van der Waals surface area contributed by atoms with E-state index in [2.05, 4.69) is 15.6 Å². The molecule has 0 aliphatic carbocycles. The highest BCUT2D eigenvalue weighted by Gasteiger charge is 2.27. The summed E-state index contributed by atoms with van der Waals surface area (Å²) in [5, 5.41) is 5.70. The molecule has 1 aromatic rings. The van der Waals surface area contributed by atoms with Gasteiger partial charge in [0.2, 0.25) is 5.91 Å². The molecule has 0 radical (unpaired) electrons. The number of benzene rings is 1. The van der Waals surface area contributed by atoms with E-state index in [0.717, 1.165) is 12.3 Å². The van der Waals surface area contributed by atoms with Crippen LogP contribution in [0.5, 0.6) is 5.75 Å². The summed E-state index contributed by atoms with van der Waals surface area (Å²) in [6.45, 7) is 6.63. The van der Waals surface area contributed by atoms with Gasteiger partial charge in [0.15, 0.2) is 5.96 Å². The van der Waals surface area contributed by atoms with Crippen LogP contribution in [0.15, 0.2) is 29.3 Å². The van der Waals surface area contributed by atoms with Gasteiger partial charge in [0.25, 0.3) is 0 Å². The maximum absolute atomic E-state index is 11.6. The zero-order chi connectivity index (χ0) is 18.9. The SMILES string of the molecule is CCNC(=NCCN1C(=O)CNC1=O)N(C)CCOc1ccc(C)cc1.I. The van der Waals surface area contributed by atoms with Crippen molar-refractivity contribution in [3.05, 3.63) is 29.8 Å². The minimum Gasteiger partial charge on any atom is -0.492 e. The van der Waals surface area contributed by atoms with E-state index in [1.165, 1.54) is 10.5 Å². The van der Waals surface area contributed by atoms with Gasteiger partial charge in [-0.15, -0.1) is 24.0 Å². The molecule has 3 amide bonds. The Morgan fingerprint density at radius 2 is 2.04 bits per heavy atom. The van der Waals surface area contributed by atoms with Crippen LogP contribution in [-0.2, 0) is 4.79 Å². The molecule has 150 valence electrons. The Labute approximate surface area is 177 Å². The topological polar surface area (TPSA) is 86.3 Å². The second kappa shape index (κ2) is 11.6. The molecule has 1 aromatic carbocycles. The first kappa shape index (κ1) is 23.0. The number of ether oxygens (including phenoxy) is 1. The van der Waals surface area contributed by atoms with Crippen molar-refractivity contribution < 1.29 is 14.3 Å². The Balaban J connectivity index is 0.00000364. The van der Waals surface area contributed by atoms with Crippen LogP contribution < -0.4 is 15.4 Å².